The Labute approximate surface area is 191 Å². The number of aromatic nitrogens is 2. The van der Waals surface area contributed by atoms with Crippen LogP contribution < -0.4 is 4.90 Å². The van der Waals surface area contributed by atoms with Crippen LogP contribution >= 0.6 is 11.3 Å². The molecule has 0 aliphatic carbocycles. The van der Waals surface area contributed by atoms with Gasteiger partial charge in [0, 0.05) is 24.5 Å². The number of rotatable bonds is 6. The van der Waals surface area contributed by atoms with E-state index in [0.29, 0.717) is 10.7 Å². The van der Waals surface area contributed by atoms with E-state index in [2.05, 4.69) is 9.97 Å². The number of nitro groups is 2. The van der Waals surface area contributed by atoms with Crippen molar-refractivity contribution in [2.75, 3.05) is 4.90 Å². The van der Waals surface area contributed by atoms with E-state index < -0.39 is 27.1 Å². The van der Waals surface area contributed by atoms with Gasteiger partial charge in [0.15, 0.2) is 5.13 Å². The number of hydrogen-bond acceptors (Lipinski definition) is 8. The van der Waals surface area contributed by atoms with E-state index in [4.69, 9.17) is 0 Å². The third-order valence-electron chi connectivity index (χ3n) is 4.93. The second-order valence-corrected chi connectivity index (χ2v) is 8.44. The summed E-state index contributed by atoms with van der Waals surface area (Å²) in [5.41, 5.74) is 2.20. The molecule has 0 aliphatic heterocycles. The molecule has 166 valence electrons. The van der Waals surface area contributed by atoms with E-state index in [-0.39, 0.29) is 12.1 Å². The second-order valence-electron chi connectivity index (χ2n) is 7.43. The van der Waals surface area contributed by atoms with Gasteiger partial charge in [-0.25, -0.2) is 4.98 Å². The van der Waals surface area contributed by atoms with Crippen molar-refractivity contribution in [3.8, 4) is 0 Å². The molecule has 33 heavy (non-hydrogen) atoms. The lowest BCUT2D eigenvalue weighted by atomic mass is 10.1. The third-order valence-corrected chi connectivity index (χ3v) is 5.95. The lowest BCUT2D eigenvalue weighted by Crippen LogP contribution is -2.30. The first-order valence-electron chi connectivity index (χ1n) is 9.75. The van der Waals surface area contributed by atoms with Crippen LogP contribution in [0.4, 0.5) is 16.5 Å². The van der Waals surface area contributed by atoms with Crippen molar-refractivity contribution in [3.63, 3.8) is 0 Å². The fourth-order valence-corrected chi connectivity index (χ4v) is 4.60. The second kappa shape index (κ2) is 8.71. The van der Waals surface area contributed by atoms with Gasteiger partial charge in [0.25, 0.3) is 17.3 Å². The molecule has 10 nitrogen and oxygen atoms in total. The van der Waals surface area contributed by atoms with Gasteiger partial charge >= 0.3 is 0 Å². The van der Waals surface area contributed by atoms with E-state index >= 15 is 0 Å². The van der Waals surface area contributed by atoms with Crippen LogP contribution in [0, 0.1) is 34.1 Å². The molecule has 0 radical (unpaired) electrons. The van der Waals surface area contributed by atoms with Crippen molar-refractivity contribution < 1.29 is 14.6 Å². The van der Waals surface area contributed by atoms with Crippen LogP contribution in [0.5, 0.6) is 0 Å². The summed E-state index contributed by atoms with van der Waals surface area (Å²) in [5, 5.41) is 23.0. The molecule has 4 rings (SSSR count). The smallest absolute Gasteiger partial charge is 0.277 e. The summed E-state index contributed by atoms with van der Waals surface area (Å²) in [6.07, 6.45) is 3.20. The van der Waals surface area contributed by atoms with Gasteiger partial charge in [-0.3, -0.25) is 34.9 Å². The van der Waals surface area contributed by atoms with Crippen LogP contribution in [-0.2, 0) is 6.54 Å². The van der Waals surface area contributed by atoms with E-state index in [1.165, 1.54) is 16.2 Å². The first-order chi connectivity index (χ1) is 15.7. The Balaban J connectivity index is 1.85. The summed E-state index contributed by atoms with van der Waals surface area (Å²) in [7, 11) is 0. The van der Waals surface area contributed by atoms with Crippen molar-refractivity contribution in [3.05, 3.63) is 97.3 Å². The van der Waals surface area contributed by atoms with Gasteiger partial charge in [-0.15, -0.1) is 0 Å². The number of non-ortho nitro benzene ring substituents is 2. The van der Waals surface area contributed by atoms with E-state index in [1.807, 2.05) is 26.0 Å². The predicted molar refractivity (Wildman–Crippen MR) is 124 cm³/mol. The minimum absolute atomic E-state index is 0.0843. The number of amides is 1. The Morgan fingerprint density at radius 2 is 1.76 bits per heavy atom. The number of thiazole rings is 1. The van der Waals surface area contributed by atoms with Crippen molar-refractivity contribution >= 4 is 44.0 Å². The Morgan fingerprint density at radius 3 is 2.36 bits per heavy atom. The maximum absolute atomic E-state index is 13.6. The molecule has 0 spiro atoms. The summed E-state index contributed by atoms with van der Waals surface area (Å²) in [5.74, 6) is -0.640. The highest BCUT2D eigenvalue weighted by atomic mass is 32.1. The predicted octanol–water partition coefficient (Wildman–Crippen LogP) is 4.97. The highest BCUT2D eigenvalue weighted by Crippen LogP contribution is 2.34. The Morgan fingerprint density at radius 1 is 1.06 bits per heavy atom. The number of carbonyl (C=O) groups is 1. The molecule has 0 bridgehead atoms. The maximum atomic E-state index is 13.6. The molecule has 0 N–H and O–H groups in total. The summed E-state index contributed by atoms with van der Waals surface area (Å²) in [6, 6.07) is 10.4. The molecule has 2 aromatic heterocycles. The highest BCUT2D eigenvalue weighted by molar-refractivity contribution is 7.22. The molecule has 4 aromatic rings. The van der Waals surface area contributed by atoms with Crippen LogP contribution in [0.3, 0.4) is 0 Å². The third kappa shape index (κ3) is 4.53. The summed E-state index contributed by atoms with van der Waals surface area (Å²) < 4.78 is 0.886. The van der Waals surface area contributed by atoms with Gasteiger partial charge in [-0.05, 0) is 42.7 Å². The largest absolute Gasteiger partial charge is 0.279 e. The van der Waals surface area contributed by atoms with Crippen LogP contribution in [-0.4, -0.2) is 25.7 Å². The zero-order valence-electron chi connectivity index (χ0n) is 17.6. The van der Waals surface area contributed by atoms with Gasteiger partial charge in [0.05, 0.1) is 38.2 Å². The minimum atomic E-state index is -0.765. The lowest BCUT2D eigenvalue weighted by Gasteiger charge is -2.20. The summed E-state index contributed by atoms with van der Waals surface area (Å²) in [4.78, 5) is 44.7. The molecular formula is C22H17N5O5S. The van der Waals surface area contributed by atoms with Crippen molar-refractivity contribution in [2.24, 2.45) is 0 Å². The first-order valence-corrected chi connectivity index (χ1v) is 10.6. The van der Waals surface area contributed by atoms with Crippen LogP contribution in [0.15, 0.2) is 54.9 Å². The number of anilines is 1. The molecule has 0 saturated heterocycles. The monoisotopic (exact) mass is 463 g/mol. The number of fused-ring (bicyclic) bond motifs is 1. The zero-order valence-corrected chi connectivity index (χ0v) is 18.4. The molecule has 0 saturated carbocycles. The molecule has 0 fully saturated rings. The standard InChI is InChI=1S/C22H17N5O5S/c1-13-6-14(2)20-19(7-13)33-22(24-20)25(12-15-4-3-5-23-11-15)21(28)16-8-17(26(29)30)10-18(9-16)27(31)32/h3-11H,12H2,1-2H3. The normalized spacial score (nSPS) is 10.8. The average Bonchev–Trinajstić information content (AvgIpc) is 3.21. The highest BCUT2D eigenvalue weighted by Gasteiger charge is 2.26. The number of benzene rings is 2. The Kier molecular flexibility index (Phi) is 5.80. The number of carbonyl (C=O) groups excluding carboxylic acids is 1. The fraction of sp³-hybridized carbons (Fsp3) is 0.136. The van der Waals surface area contributed by atoms with Crippen LogP contribution in [0.1, 0.15) is 27.0 Å². The molecule has 2 heterocycles. The number of aryl methyl sites for hydroxylation is 2. The quantitative estimate of drug-likeness (QED) is 0.291. The summed E-state index contributed by atoms with van der Waals surface area (Å²) in [6.45, 7) is 3.98. The molecular weight excluding hydrogens is 446 g/mol. The van der Waals surface area contributed by atoms with Gasteiger partial charge in [-0.2, -0.15) is 0 Å². The molecule has 11 heteroatoms. The van der Waals surface area contributed by atoms with E-state index in [9.17, 15) is 25.0 Å². The van der Waals surface area contributed by atoms with Gasteiger partial charge in [0.1, 0.15) is 0 Å². The van der Waals surface area contributed by atoms with Gasteiger partial charge in [0.2, 0.25) is 0 Å². The lowest BCUT2D eigenvalue weighted by molar-refractivity contribution is -0.394. The first kappa shape index (κ1) is 22.0. The maximum Gasteiger partial charge on any atom is 0.277 e. The molecule has 0 atom stereocenters. The van der Waals surface area contributed by atoms with E-state index in [0.717, 1.165) is 39.5 Å². The molecule has 2 aromatic carbocycles. The molecule has 0 unspecified atom stereocenters. The number of hydrogen-bond donors (Lipinski definition) is 0. The van der Waals surface area contributed by atoms with Crippen molar-refractivity contribution in [1.29, 1.82) is 0 Å². The molecule has 0 aliphatic rings. The number of nitrogens with zero attached hydrogens (tertiary/aromatic N) is 5. The van der Waals surface area contributed by atoms with Gasteiger partial charge < -0.3 is 0 Å². The SMILES string of the molecule is Cc1cc(C)c2nc(N(Cc3cccnc3)C(=O)c3cc([N+](=O)[O-])cc([N+](=O)[O-])c3)sc2c1. The average molecular weight is 463 g/mol. The topological polar surface area (TPSA) is 132 Å². The van der Waals surface area contributed by atoms with Crippen LogP contribution in [0.25, 0.3) is 10.2 Å². The van der Waals surface area contributed by atoms with Crippen LogP contribution in [0.2, 0.25) is 0 Å². The minimum Gasteiger partial charge on any atom is -0.279 e. The van der Waals surface area contributed by atoms with Crippen molar-refractivity contribution in [1.82, 2.24) is 9.97 Å². The zero-order chi connectivity index (χ0) is 23.7. The molecule has 1 amide bonds. The summed E-state index contributed by atoms with van der Waals surface area (Å²) >= 11 is 1.30. The number of nitro benzene ring substituents is 2. The Bertz CT molecular complexity index is 1370. The van der Waals surface area contributed by atoms with Gasteiger partial charge in [-0.1, -0.05) is 23.5 Å². The Hall–Kier alpha value is -4.25. The van der Waals surface area contributed by atoms with E-state index in [1.54, 1.807) is 24.5 Å². The number of pyridine rings is 1. The fourth-order valence-electron chi connectivity index (χ4n) is 3.46. The van der Waals surface area contributed by atoms with Crippen molar-refractivity contribution in [2.45, 2.75) is 20.4 Å².